The lowest BCUT2D eigenvalue weighted by molar-refractivity contribution is 0.725. The average Bonchev–Trinajstić information content (AvgIpc) is 2.15. The summed E-state index contributed by atoms with van der Waals surface area (Å²) < 4.78 is 0. The molecule has 0 aliphatic carbocycles. The maximum absolute atomic E-state index is 5.53. The molecule has 0 aromatic carbocycles. The fraction of sp³-hybridized carbons (Fsp3) is 0.500. The first-order valence-corrected chi connectivity index (χ1v) is 3.02. The molecular weight excluding hydrogens is 150 g/mol. The number of aromatic nitrogens is 2. The van der Waals surface area contributed by atoms with Crippen LogP contribution >= 0.6 is 12.4 Å². The Morgan fingerprint density at radius 3 is 2.90 bits per heavy atom. The van der Waals surface area contributed by atoms with Crippen molar-refractivity contribution in [2.24, 2.45) is 5.73 Å². The number of H-pyrrole nitrogens is 1. The second-order valence-corrected chi connectivity index (χ2v) is 2.24. The molecule has 58 valence electrons. The van der Waals surface area contributed by atoms with Crippen LogP contribution < -0.4 is 5.73 Å². The van der Waals surface area contributed by atoms with Crippen molar-refractivity contribution in [1.29, 1.82) is 0 Å². The molecule has 0 saturated carbocycles. The molecule has 10 heavy (non-hydrogen) atoms. The summed E-state index contributed by atoms with van der Waals surface area (Å²) in [5.41, 5.74) is 6.56. The van der Waals surface area contributed by atoms with E-state index in [2.05, 4.69) is 9.97 Å². The second-order valence-electron chi connectivity index (χ2n) is 2.24. The number of halogens is 1. The number of rotatable bonds is 2. The number of aromatic amines is 1. The van der Waals surface area contributed by atoms with Gasteiger partial charge < -0.3 is 10.7 Å². The monoisotopic (exact) mass is 161 g/mol. The van der Waals surface area contributed by atoms with Gasteiger partial charge in [-0.05, 0) is 6.92 Å². The number of imidazole rings is 1. The lowest BCUT2D eigenvalue weighted by Crippen LogP contribution is -2.17. The topological polar surface area (TPSA) is 54.7 Å². The highest BCUT2D eigenvalue weighted by molar-refractivity contribution is 5.85. The highest BCUT2D eigenvalue weighted by atomic mass is 35.5. The normalized spacial score (nSPS) is 12.2. The van der Waals surface area contributed by atoms with Crippen molar-refractivity contribution in [2.75, 3.05) is 0 Å². The molecular formula is C6H12ClN3. The Morgan fingerprint density at radius 1 is 1.80 bits per heavy atom. The van der Waals surface area contributed by atoms with Crippen LogP contribution in [0.25, 0.3) is 0 Å². The van der Waals surface area contributed by atoms with Gasteiger partial charge in [0.05, 0.1) is 12.0 Å². The Kier molecular flexibility index (Phi) is 4.07. The van der Waals surface area contributed by atoms with Crippen LogP contribution in [0.15, 0.2) is 12.5 Å². The minimum atomic E-state index is 0. The van der Waals surface area contributed by atoms with E-state index in [0.29, 0.717) is 0 Å². The summed E-state index contributed by atoms with van der Waals surface area (Å²) in [6, 6.07) is 0.202. The zero-order valence-electron chi connectivity index (χ0n) is 5.87. The average molecular weight is 162 g/mol. The lowest BCUT2D eigenvalue weighted by atomic mass is 10.2. The first-order valence-electron chi connectivity index (χ1n) is 3.02. The highest BCUT2D eigenvalue weighted by Crippen LogP contribution is 1.93. The van der Waals surface area contributed by atoms with Gasteiger partial charge in [-0.1, -0.05) is 0 Å². The van der Waals surface area contributed by atoms with Gasteiger partial charge in [0, 0.05) is 18.7 Å². The van der Waals surface area contributed by atoms with Gasteiger partial charge in [-0.3, -0.25) is 0 Å². The maximum Gasteiger partial charge on any atom is 0.0923 e. The number of nitrogens with zero attached hydrogens (tertiary/aromatic N) is 1. The van der Waals surface area contributed by atoms with Crippen molar-refractivity contribution < 1.29 is 0 Å². The van der Waals surface area contributed by atoms with E-state index in [1.54, 1.807) is 6.33 Å². The van der Waals surface area contributed by atoms with Crippen molar-refractivity contribution in [3.8, 4) is 0 Å². The van der Waals surface area contributed by atoms with E-state index in [-0.39, 0.29) is 18.4 Å². The molecule has 0 amide bonds. The lowest BCUT2D eigenvalue weighted by Gasteiger charge is -1.98. The fourth-order valence-corrected chi connectivity index (χ4v) is 0.732. The van der Waals surface area contributed by atoms with Gasteiger partial charge in [0.1, 0.15) is 0 Å². The molecule has 0 aliphatic heterocycles. The van der Waals surface area contributed by atoms with Crippen LogP contribution in [-0.4, -0.2) is 16.0 Å². The number of hydrogen-bond donors (Lipinski definition) is 2. The van der Waals surface area contributed by atoms with Crippen LogP contribution in [0.4, 0.5) is 0 Å². The Labute approximate surface area is 66.4 Å². The zero-order chi connectivity index (χ0) is 6.69. The Balaban J connectivity index is 0.000000810. The van der Waals surface area contributed by atoms with Crippen molar-refractivity contribution in [2.45, 2.75) is 19.4 Å². The Hall–Kier alpha value is -0.540. The molecule has 1 aromatic heterocycles. The quantitative estimate of drug-likeness (QED) is 0.672. The van der Waals surface area contributed by atoms with Gasteiger partial charge in [-0.2, -0.15) is 0 Å². The Bertz CT molecular complexity index is 160. The maximum atomic E-state index is 5.53. The van der Waals surface area contributed by atoms with Gasteiger partial charge in [-0.15, -0.1) is 12.4 Å². The van der Waals surface area contributed by atoms with Crippen LogP contribution in [-0.2, 0) is 6.42 Å². The summed E-state index contributed by atoms with van der Waals surface area (Å²) >= 11 is 0. The van der Waals surface area contributed by atoms with Crippen LogP contribution in [0.1, 0.15) is 12.6 Å². The molecule has 0 bridgehead atoms. The summed E-state index contributed by atoms with van der Waals surface area (Å²) in [7, 11) is 0. The van der Waals surface area contributed by atoms with Crippen molar-refractivity contribution in [3.05, 3.63) is 18.2 Å². The standard InChI is InChI=1S/C6H11N3.ClH/c1-5(7)2-6-3-8-4-9-6;/h3-5H,2,7H2,1H3,(H,8,9);1H/t5-;/m1./s1. The van der Waals surface area contributed by atoms with Crippen molar-refractivity contribution in [3.63, 3.8) is 0 Å². The van der Waals surface area contributed by atoms with Gasteiger partial charge in [0.2, 0.25) is 0 Å². The predicted molar refractivity (Wildman–Crippen MR) is 43.2 cm³/mol. The number of hydrogen-bond acceptors (Lipinski definition) is 2. The number of nitrogens with two attached hydrogens (primary N) is 1. The van der Waals surface area contributed by atoms with Crippen LogP contribution in [0.2, 0.25) is 0 Å². The summed E-state index contributed by atoms with van der Waals surface area (Å²) in [4.78, 5) is 6.89. The van der Waals surface area contributed by atoms with Crippen LogP contribution in [0, 0.1) is 0 Å². The third-order valence-electron chi connectivity index (χ3n) is 1.09. The third kappa shape index (κ3) is 2.85. The fourth-order valence-electron chi connectivity index (χ4n) is 0.732. The molecule has 0 radical (unpaired) electrons. The second kappa shape index (κ2) is 4.30. The van der Waals surface area contributed by atoms with E-state index in [1.165, 1.54) is 0 Å². The van der Waals surface area contributed by atoms with Crippen molar-refractivity contribution in [1.82, 2.24) is 9.97 Å². The highest BCUT2D eigenvalue weighted by Gasteiger charge is 1.96. The molecule has 1 heterocycles. The van der Waals surface area contributed by atoms with E-state index in [0.717, 1.165) is 12.1 Å². The summed E-state index contributed by atoms with van der Waals surface area (Å²) in [5.74, 6) is 0. The molecule has 1 aromatic rings. The predicted octanol–water partition coefficient (Wildman–Crippen LogP) is 0.721. The van der Waals surface area contributed by atoms with Crippen LogP contribution in [0.5, 0.6) is 0 Å². The van der Waals surface area contributed by atoms with Gasteiger partial charge >= 0.3 is 0 Å². The zero-order valence-corrected chi connectivity index (χ0v) is 6.69. The van der Waals surface area contributed by atoms with Crippen LogP contribution in [0.3, 0.4) is 0 Å². The van der Waals surface area contributed by atoms with E-state index < -0.39 is 0 Å². The largest absolute Gasteiger partial charge is 0.351 e. The van der Waals surface area contributed by atoms with E-state index in [4.69, 9.17) is 5.73 Å². The third-order valence-corrected chi connectivity index (χ3v) is 1.09. The molecule has 1 atom stereocenters. The minimum Gasteiger partial charge on any atom is -0.351 e. The summed E-state index contributed by atoms with van der Waals surface area (Å²) in [6.07, 6.45) is 4.38. The molecule has 3 nitrogen and oxygen atoms in total. The van der Waals surface area contributed by atoms with Crippen molar-refractivity contribution >= 4 is 12.4 Å². The SMILES string of the molecule is C[C@@H](N)Cc1c[nH]cn1.Cl. The smallest absolute Gasteiger partial charge is 0.0923 e. The first kappa shape index (κ1) is 9.46. The molecule has 0 aliphatic rings. The Morgan fingerprint density at radius 2 is 2.50 bits per heavy atom. The van der Waals surface area contributed by atoms with E-state index in [9.17, 15) is 0 Å². The summed E-state index contributed by atoms with van der Waals surface area (Å²) in [6.45, 7) is 1.97. The molecule has 0 fully saturated rings. The molecule has 0 spiro atoms. The van der Waals surface area contributed by atoms with E-state index >= 15 is 0 Å². The molecule has 4 heteroatoms. The first-order chi connectivity index (χ1) is 4.29. The minimum absolute atomic E-state index is 0. The van der Waals surface area contributed by atoms with Gasteiger partial charge in [0.25, 0.3) is 0 Å². The molecule has 1 rings (SSSR count). The summed E-state index contributed by atoms with van der Waals surface area (Å²) in [5, 5.41) is 0. The molecule has 0 unspecified atom stereocenters. The van der Waals surface area contributed by atoms with Gasteiger partial charge in [-0.25, -0.2) is 4.98 Å². The van der Waals surface area contributed by atoms with Gasteiger partial charge in [0.15, 0.2) is 0 Å². The van der Waals surface area contributed by atoms with E-state index in [1.807, 2.05) is 13.1 Å². The molecule has 3 N–H and O–H groups in total. The molecule has 0 saturated heterocycles. The number of nitrogens with one attached hydrogen (secondary N) is 1.